The Morgan fingerprint density at radius 3 is 2.69 bits per heavy atom. The number of fused-ring (bicyclic) bond motifs is 1. The number of urea groups is 1. The molecule has 132 valence electrons. The van der Waals surface area contributed by atoms with Crippen LogP contribution in [0.5, 0.6) is 0 Å². The molecule has 0 saturated carbocycles. The molecule has 0 saturated heterocycles. The summed E-state index contributed by atoms with van der Waals surface area (Å²) in [4.78, 5) is 26.4. The molecule has 1 aromatic carbocycles. The maximum atomic E-state index is 12.4. The Kier molecular flexibility index (Phi) is 3.92. The Bertz CT molecular complexity index is 960. The highest BCUT2D eigenvalue weighted by atomic mass is 16.3. The number of H-pyrrole nitrogens is 1. The highest BCUT2D eigenvalue weighted by Crippen LogP contribution is 2.28. The van der Waals surface area contributed by atoms with Gasteiger partial charge in [-0.3, -0.25) is 9.89 Å². The Labute approximate surface area is 149 Å². The topological polar surface area (TPSA) is 103 Å². The predicted octanol–water partition coefficient (Wildman–Crippen LogP) is 3.11. The SMILES string of the molecule is Cc1ccoc1C(=O)Nc1[nH]nc2c1CN(C(=O)Nc1ccccc1)C2. The quantitative estimate of drug-likeness (QED) is 0.674. The second-order valence-electron chi connectivity index (χ2n) is 6.06. The number of nitrogens with zero attached hydrogens (tertiary/aromatic N) is 2. The average molecular weight is 351 g/mol. The summed E-state index contributed by atoms with van der Waals surface area (Å²) in [5.41, 5.74) is 3.01. The summed E-state index contributed by atoms with van der Waals surface area (Å²) in [6.45, 7) is 2.53. The van der Waals surface area contributed by atoms with E-state index in [1.807, 2.05) is 30.3 Å². The van der Waals surface area contributed by atoms with Gasteiger partial charge in [0.25, 0.3) is 5.91 Å². The van der Waals surface area contributed by atoms with Crippen molar-refractivity contribution in [2.45, 2.75) is 20.0 Å². The van der Waals surface area contributed by atoms with Gasteiger partial charge in [-0.2, -0.15) is 5.10 Å². The summed E-state index contributed by atoms with van der Waals surface area (Å²) in [6.07, 6.45) is 1.47. The van der Waals surface area contributed by atoms with Crippen LogP contribution in [0, 0.1) is 6.92 Å². The van der Waals surface area contributed by atoms with Crippen LogP contribution in [0.1, 0.15) is 27.4 Å². The number of nitrogens with one attached hydrogen (secondary N) is 3. The Balaban J connectivity index is 1.44. The first-order valence-corrected chi connectivity index (χ1v) is 8.14. The van der Waals surface area contributed by atoms with Crippen LogP contribution in [-0.2, 0) is 13.1 Å². The van der Waals surface area contributed by atoms with E-state index in [-0.39, 0.29) is 17.7 Å². The van der Waals surface area contributed by atoms with Gasteiger partial charge in [0.15, 0.2) is 5.76 Å². The largest absolute Gasteiger partial charge is 0.459 e. The molecule has 0 aliphatic carbocycles. The molecule has 3 amide bonds. The van der Waals surface area contributed by atoms with Gasteiger partial charge in [-0.25, -0.2) is 4.79 Å². The van der Waals surface area contributed by atoms with E-state index in [1.165, 1.54) is 6.26 Å². The number of furan rings is 1. The van der Waals surface area contributed by atoms with Crippen molar-refractivity contribution in [3.05, 3.63) is 65.2 Å². The van der Waals surface area contributed by atoms with E-state index in [2.05, 4.69) is 20.8 Å². The second-order valence-corrected chi connectivity index (χ2v) is 6.06. The van der Waals surface area contributed by atoms with Gasteiger partial charge < -0.3 is 20.0 Å². The molecule has 1 aliphatic heterocycles. The number of aromatic nitrogens is 2. The van der Waals surface area contributed by atoms with Gasteiger partial charge in [-0.15, -0.1) is 0 Å². The normalized spacial score (nSPS) is 12.7. The average Bonchev–Trinajstić information content (AvgIpc) is 3.33. The van der Waals surface area contributed by atoms with Crippen LogP contribution >= 0.6 is 0 Å². The van der Waals surface area contributed by atoms with Crippen LogP contribution in [0.4, 0.5) is 16.3 Å². The van der Waals surface area contributed by atoms with Crippen molar-refractivity contribution in [1.82, 2.24) is 15.1 Å². The number of carbonyl (C=O) groups is 2. The predicted molar refractivity (Wildman–Crippen MR) is 94.7 cm³/mol. The van der Waals surface area contributed by atoms with E-state index < -0.39 is 0 Å². The summed E-state index contributed by atoms with van der Waals surface area (Å²) in [7, 11) is 0. The zero-order valence-corrected chi connectivity index (χ0v) is 14.1. The van der Waals surface area contributed by atoms with E-state index in [4.69, 9.17) is 4.42 Å². The number of hydrogen-bond acceptors (Lipinski definition) is 4. The van der Waals surface area contributed by atoms with E-state index in [9.17, 15) is 9.59 Å². The zero-order chi connectivity index (χ0) is 18.1. The molecule has 1 aliphatic rings. The lowest BCUT2D eigenvalue weighted by molar-refractivity contribution is 0.0995. The fourth-order valence-corrected chi connectivity index (χ4v) is 2.88. The van der Waals surface area contributed by atoms with Crippen molar-refractivity contribution in [1.29, 1.82) is 0 Å². The number of aryl methyl sites for hydroxylation is 1. The molecular weight excluding hydrogens is 334 g/mol. The first kappa shape index (κ1) is 15.9. The van der Waals surface area contributed by atoms with Gasteiger partial charge in [-0.05, 0) is 25.1 Å². The van der Waals surface area contributed by atoms with E-state index in [0.717, 1.165) is 22.5 Å². The minimum atomic E-state index is -0.355. The van der Waals surface area contributed by atoms with Gasteiger partial charge in [0.2, 0.25) is 0 Å². The molecule has 0 bridgehead atoms. The van der Waals surface area contributed by atoms with Crippen LogP contribution in [0.25, 0.3) is 0 Å². The molecular formula is C18H17N5O3. The summed E-state index contributed by atoms with van der Waals surface area (Å²) < 4.78 is 5.20. The minimum Gasteiger partial charge on any atom is -0.459 e. The molecule has 8 nitrogen and oxygen atoms in total. The molecule has 0 fully saturated rings. The number of anilines is 2. The van der Waals surface area contributed by atoms with Gasteiger partial charge in [-0.1, -0.05) is 18.2 Å². The number of benzene rings is 1. The maximum Gasteiger partial charge on any atom is 0.322 e. The van der Waals surface area contributed by atoms with Gasteiger partial charge in [0, 0.05) is 16.8 Å². The third-order valence-electron chi connectivity index (χ3n) is 4.26. The van der Waals surface area contributed by atoms with Gasteiger partial charge in [0.1, 0.15) is 5.82 Å². The number of carbonyl (C=O) groups excluding carboxylic acids is 2. The van der Waals surface area contributed by atoms with E-state index in [1.54, 1.807) is 17.9 Å². The van der Waals surface area contributed by atoms with Crippen molar-refractivity contribution in [2.75, 3.05) is 10.6 Å². The summed E-state index contributed by atoms with van der Waals surface area (Å²) in [5, 5.41) is 12.6. The Hall–Kier alpha value is -3.55. The van der Waals surface area contributed by atoms with E-state index in [0.29, 0.717) is 18.9 Å². The van der Waals surface area contributed by atoms with Gasteiger partial charge >= 0.3 is 6.03 Å². The molecule has 26 heavy (non-hydrogen) atoms. The van der Waals surface area contributed by atoms with Crippen molar-refractivity contribution in [3.63, 3.8) is 0 Å². The van der Waals surface area contributed by atoms with Crippen LogP contribution in [-0.4, -0.2) is 27.0 Å². The number of para-hydroxylation sites is 1. The van der Waals surface area contributed by atoms with Crippen LogP contribution < -0.4 is 10.6 Å². The summed E-state index contributed by atoms with van der Waals surface area (Å²) in [5.74, 6) is 0.381. The van der Waals surface area contributed by atoms with Gasteiger partial charge in [0.05, 0.1) is 25.0 Å². The standard InChI is InChI=1S/C18H17N5O3/c1-11-7-8-26-15(11)17(24)20-16-13-9-23(10-14(13)21-22-16)18(25)19-12-5-3-2-4-6-12/h2-8H,9-10H2,1H3,(H,19,25)(H2,20,21,22,24). The van der Waals surface area contributed by atoms with Crippen LogP contribution in [0.2, 0.25) is 0 Å². The molecule has 0 radical (unpaired) electrons. The maximum absolute atomic E-state index is 12.4. The third-order valence-corrected chi connectivity index (χ3v) is 4.26. The third kappa shape index (κ3) is 2.92. The summed E-state index contributed by atoms with van der Waals surface area (Å²) in [6, 6.07) is 10.8. The number of rotatable bonds is 3. The zero-order valence-electron chi connectivity index (χ0n) is 14.1. The number of amides is 3. The van der Waals surface area contributed by atoms with Crippen LogP contribution in [0.15, 0.2) is 47.1 Å². The first-order chi connectivity index (χ1) is 12.6. The number of aromatic amines is 1. The number of hydrogen-bond donors (Lipinski definition) is 3. The Morgan fingerprint density at radius 2 is 1.96 bits per heavy atom. The first-order valence-electron chi connectivity index (χ1n) is 8.14. The fraction of sp³-hybridized carbons (Fsp3) is 0.167. The highest BCUT2D eigenvalue weighted by Gasteiger charge is 2.29. The van der Waals surface area contributed by atoms with E-state index >= 15 is 0 Å². The van der Waals surface area contributed by atoms with Crippen molar-refractivity contribution in [2.24, 2.45) is 0 Å². The van der Waals surface area contributed by atoms with Crippen molar-refractivity contribution in [3.8, 4) is 0 Å². The lowest BCUT2D eigenvalue weighted by Crippen LogP contribution is -2.30. The monoisotopic (exact) mass is 351 g/mol. The molecule has 3 heterocycles. The molecule has 4 rings (SSSR count). The molecule has 2 aromatic heterocycles. The lowest BCUT2D eigenvalue weighted by atomic mass is 10.2. The molecule has 0 unspecified atom stereocenters. The molecule has 8 heteroatoms. The van der Waals surface area contributed by atoms with Crippen molar-refractivity contribution >= 4 is 23.4 Å². The second kappa shape index (κ2) is 6.40. The molecule has 3 N–H and O–H groups in total. The highest BCUT2D eigenvalue weighted by molar-refractivity contribution is 6.03. The minimum absolute atomic E-state index is 0.214. The lowest BCUT2D eigenvalue weighted by Gasteiger charge is -2.16. The Morgan fingerprint density at radius 1 is 1.15 bits per heavy atom. The molecule has 3 aromatic rings. The van der Waals surface area contributed by atoms with Crippen LogP contribution in [0.3, 0.4) is 0 Å². The fourth-order valence-electron chi connectivity index (χ4n) is 2.88. The molecule has 0 atom stereocenters. The summed E-state index contributed by atoms with van der Waals surface area (Å²) >= 11 is 0. The van der Waals surface area contributed by atoms with Crippen molar-refractivity contribution < 1.29 is 14.0 Å². The molecule has 0 spiro atoms. The smallest absolute Gasteiger partial charge is 0.322 e.